The van der Waals surface area contributed by atoms with Crippen molar-refractivity contribution in [2.24, 2.45) is 5.92 Å². The Kier molecular flexibility index (Phi) is 6.77. The average Bonchev–Trinajstić information content (AvgIpc) is 3.12. The molecule has 1 atom stereocenters. The molecule has 1 aliphatic heterocycles. The maximum atomic E-state index is 13.3. The first-order valence-electron chi connectivity index (χ1n) is 11.3. The van der Waals surface area contributed by atoms with Crippen LogP contribution in [0, 0.1) is 12.8 Å². The van der Waals surface area contributed by atoms with E-state index in [2.05, 4.69) is 16.5 Å². The van der Waals surface area contributed by atoms with Crippen molar-refractivity contribution in [1.82, 2.24) is 15.4 Å². The summed E-state index contributed by atoms with van der Waals surface area (Å²) in [4.78, 5) is 28.0. The zero-order chi connectivity index (χ0) is 23.4. The van der Waals surface area contributed by atoms with Crippen molar-refractivity contribution >= 4 is 11.8 Å². The van der Waals surface area contributed by atoms with Crippen molar-refractivity contribution in [3.8, 4) is 16.9 Å². The van der Waals surface area contributed by atoms with Gasteiger partial charge < -0.3 is 19.5 Å². The number of benzene rings is 2. The summed E-state index contributed by atoms with van der Waals surface area (Å²) in [7, 11) is 1.64. The van der Waals surface area contributed by atoms with E-state index in [9.17, 15) is 9.59 Å². The highest BCUT2D eigenvalue weighted by Crippen LogP contribution is 2.28. The molecule has 33 heavy (non-hydrogen) atoms. The molecule has 0 aliphatic carbocycles. The van der Waals surface area contributed by atoms with Crippen LogP contribution in [0.2, 0.25) is 0 Å². The first kappa shape index (κ1) is 22.6. The van der Waals surface area contributed by atoms with Gasteiger partial charge in [-0.05, 0) is 42.2 Å². The lowest BCUT2D eigenvalue weighted by atomic mass is 9.91. The van der Waals surface area contributed by atoms with Gasteiger partial charge in [0.1, 0.15) is 17.1 Å². The van der Waals surface area contributed by atoms with Crippen LogP contribution >= 0.6 is 0 Å². The summed E-state index contributed by atoms with van der Waals surface area (Å²) in [5, 5.41) is 6.95. The topological polar surface area (TPSA) is 84.7 Å². The second-order valence-corrected chi connectivity index (χ2v) is 8.25. The van der Waals surface area contributed by atoms with E-state index in [-0.39, 0.29) is 17.7 Å². The Morgan fingerprint density at radius 3 is 2.70 bits per heavy atom. The summed E-state index contributed by atoms with van der Waals surface area (Å²) >= 11 is 0. The molecule has 1 aromatic heterocycles. The fourth-order valence-corrected chi connectivity index (χ4v) is 4.35. The lowest BCUT2D eigenvalue weighted by Crippen LogP contribution is -2.37. The number of aryl methyl sites for hydroxylation is 2. The number of ether oxygens (including phenoxy) is 1. The molecule has 2 aromatic carbocycles. The van der Waals surface area contributed by atoms with E-state index >= 15 is 0 Å². The molecule has 0 unspecified atom stereocenters. The first-order chi connectivity index (χ1) is 16.0. The third-order valence-electron chi connectivity index (χ3n) is 6.13. The third-order valence-corrected chi connectivity index (χ3v) is 6.13. The number of nitrogens with zero attached hydrogens (tertiary/aromatic N) is 2. The maximum absolute atomic E-state index is 13.3. The highest BCUT2D eigenvalue weighted by atomic mass is 16.5. The van der Waals surface area contributed by atoms with Crippen molar-refractivity contribution in [1.29, 1.82) is 0 Å². The van der Waals surface area contributed by atoms with E-state index < -0.39 is 0 Å². The van der Waals surface area contributed by atoms with E-state index in [1.54, 1.807) is 18.9 Å². The van der Waals surface area contributed by atoms with Crippen LogP contribution in [0.3, 0.4) is 0 Å². The largest absolute Gasteiger partial charge is 0.497 e. The Labute approximate surface area is 193 Å². The smallest absolute Gasteiger partial charge is 0.259 e. The van der Waals surface area contributed by atoms with Gasteiger partial charge in [-0.25, -0.2) is 0 Å². The summed E-state index contributed by atoms with van der Waals surface area (Å²) in [6.07, 6.45) is 1.12. The molecule has 7 nitrogen and oxygen atoms in total. The van der Waals surface area contributed by atoms with Crippen LogP contribution in [0.5, 0.6) is 5.75 Å². The minimum Gasteiger partial charge on any atom is -0.497 e. The van der Waals surface area contributed by atoms with Crippen LogP contribution in [-0.4, -0.2) is 48.6 Å². The number of nitrogens with one attached hydrogen (secondary N) is 1. The van der Waals surface area contributed by atoms with Crippen LogP contribution in [0.25, 0.3) is 11.1 Å². The lowest BCUT2D eigenvalue weighted by Gasteiger charge is -2.24. The zero-order valence-electron chi connectivity index (χ0n) is 19.3. The van der Waals surface area contributed by atoms with E-state index in [4.69, 9.17) is 9.26 Å². The molecular formula is C26H29N3O4. The Morgan fingerprint density at radius 1 is 1.21 bits per heavy atom. The van der Waals surface area contributed by atoms with Gasteiger partial charge >= 0.3 is 0 Å². The quantitative estimate of drug-likeness (QED) is 0.624. The van der Waals surface area contributed by atoms with Gasteiger partial charge in [0.2, 0.25) is 5.91 Å². The fourth-order valence-electron chi connectivity index (χ4n) is 4.35. The van der Waals surface area contributed by atoms with E-state index in [1.165, 1.54) is 0 Å². The Morgan fingerprint density at radius 2 is 1.97 bits per heavy atom. The first-order valence-corrected chi connectivity index (χ1v) is 11.3. The van der Waals surface area contributed by atoms with E-state index in [1.807, 2.05) is 49.4 Å². The molecule has 0 radical (unpaired) electrons. The average molecular weight is 448 g/mol. The summed E-state index contributed by atoms with van der Waals surface area (Å²) in [6.45, 7) is 4.93. The second-order valence-electron chi connectivity index (χ2n) is 8.25. The molecule has 1 N–H and O–H groups in total. The molecule has 3 aromatic rings. The molecule has 4 rings (SSSR count). The van der Waals surface area contributed by atoms with Gasteiger partial charge in [-0.15, -0.1) is 0 Å². The predicted molar refractivity (Wildman–Crippen MR) is 125 cm³/mol. The minimum atomic E-state index is -0.360. The third kappa shape index (κ3) is 4.77. The molecule has 2 amide bonds. The van der Waals surface area contributed by atoms with Crippen molar-refractivity contribution in [2.75, 3.05) is 26.7 Å². The summed E-state index contributed by atoms with van der Waals surface area (Å²) < 4.78 is 10.6. The van der Waals surface area contributed by atoms with Crippen LogP contribution in [0.15, 0.2) is 53.1 Å². The highest BCUT2D eigenvalue weighted by Gasteiger charge is 2.31. The molecule has 0 bridgehead atoms. The van der Waals surface area contributed by atoms with Crippen molar-refractivity contribution in [3.05, 3.63) is 71.1 Å². The van der Waals surface area contributed by atoms with Crippen LogP contribution < -0.4 is 10.1 Å². The molecule has 2 heterocycles. The van der Waals surface area contributed by atoms with E-state index in [0.717, 1.165) is 22.4 Å². The number of amides is 2. The number of rotatable bonds is 6. The van der Waals surface area contributed by atoms with Crippen LogP contribution in [0.4, 0.5) is 0 Å². The fraction of sp³-hybridized carbons (Fsp3) is 0.346. The van der Waals surface area contributed by atoms with Crippen molar-refractivity contribution in [3.63, 3.8) is 0 Å². The molecule has 7 heteroatoms. The molecule has 0 spiro atoms. The van der Waals surface area contributed by atoms with Gasteiger partial charge in [0.15, 0.2) is 0 Å². The van der Waals surface area contributed by atoms with Gasteiger partial charge in [-0.1, -0.05) is 48.5 Å². The molecule has 1 aliphatic rings. The Balaban J connectivity index is 1.59. The maximum Gasteiger partial charge on any atom is 0.259 e. The Hall–Kier alpha value is -3.61. The standard InChI is InChI=1S/C26H29N3O4/c1-4-23-24(17(2)28-33-23)26(31)29-14-13-27-25(30)20(16-29)15-19-7-5-6-8-22(19)18-9-11-21(32-3)12-10-18/h5-12,20H,4,13-16H2,1-3H3,(H,27,30)/t20-/m1/s1. The molecule has 0 saturated carbocycles. The van der Waals surface area contributed by atoms with Crippen LogP contribution in [0.1, 0.15) is 34.3 Å². The summed E-state index contributed by atoms with van der Waals surface area (Å²) in [5.41, 5.74) is 4.29. The van der Waals surface area contributed by atoms with Gasteiger partial charge in [0.05, 0.1) is 18.7 Å². The van der Waals surface area contributed by atoms with Gasteiger partial charge in [0, 0.05) is 26.1 Å². The molecule has 172 valence electrons. The predicted octanol–water partition coefficient (Wildman–Crippen LogP) is 3.65. The van der Waals surface area contributed by atoms with Crippen LogP contribution in [-0.2, 0) is 17.6 Å². The number of aromatic nitrogens is 1. The SMILES string of the molecule is CCc1onc(C)c1C(=O)N1CCNC(=O)[C@H](Cc2ccccc2-c2ccc(OC)cc2)C1. The van der Waals surface area contributed by atoms with Crippen molar-refractivity contribution < 1.29 is 18.8 Å². The number of methoxy groups -OCH3 is 1. The van der Waals surface area contributed by atoms with Gasteiger partial charge in [0.25, 0.3) is 5.91 Å². The zero-order valence-corrected chi connectivity index (χ0v) is 19.3. The lowest BCUT2D eigenvalue weighted by molar-refractivity contribution is -0.124. The Bertz CT molecular complexity index is 1140. The number of carbonyl (C=O) groups is 2. The molecular weight excluding hydrogens is 418 g/mol. The monoisotopic (exact) mass is 447 g/mol. The second kappa shape index (κ2) is 9.90. The number of carbonyl (C=O) groups excluding carboxylic acids is 2. The number of hydrogen-bond acceptors (Lipinski definition) is 5. The van der Waals surface area contributed by atoms with Crippen molar-refractivity contribution in [2.45, 2.75) is 26.7 Å². The highest BCUT2D eigenvalue weighted by molar-refractivity contribution is 5.96. The molecule has 1 saturated heterocycles. The summed E-state index contributed by atoms with van der Waals surface area (Å²) in [6, 6.07) is 16.0. The van der Waals surface area contributed by atoms with Gasteiger partial charge in [-0.2, -0.15) is 0 Å². The summed E-state index contributed by atoms with van der Waals surface area (Å²) in [5.74, 6) is 0.857. The van der Waals surface area contributed by atoms with Gasteiger partial charge in [-0.3, -0.25) is 9.59 Å². The normalized spacial score (nSPS) is 16.3. The number of hydrogen-bond donors (Lipinski definition) is 1. The minimum absolute atomic E-state index is 0.0346. The van der Waals surface area contributed by atoms with E-state index in [0.29, 0.717) is 49.5 Å². The molecule has 1 fully saturated rings.